The molecule has 1 aliphatic rings. The third-order valence-electron chi connectivity index (χ3n) is 6.62. The van der Waals surface area contributed by atoms with Gasteiger partial charge in [0.05, 0.1) is 35.1 Å². The maximum Gasteiger partial charge on any atom is 0.338 e. The van der Waals surface area contributed by atoms with Crippen LogP contribution in [0.15, 0.2) is 63.5 Å². The topological polar surface area (TPSA) is 131 Å². The number of benzene rings is 2. The second-order valence-corrected chi connectivity index (χ2v) is 10.9. The minimum atomic E-state index is -0.719. The Hall–Kier alpha value is -4.22. The van der Waals surface area contributed by atoms with Crippen molar-refractivity contribution in [2.75, 3.05) is 33.5 Å². The molecule has 0 spiro atoms. The van der Waals surface area contributed by atoms with Gasteiger partial charge in [0, 0.05) is 7.11 Å². The van der Waals surface area contributed by atoms with Crippen LogP contribution >= 0.6 is 11.3 Å². The van der Waals surface area contributed by atoms with E-state index in [-0.39, 0.29) is 25.4 Å². The van der Waals surface area contributed by atoms with Crippen molar-refractivity contribution < 1.29 is 28.5 Å². The first kappa shape index (κ1) is 30.7. The summed E-state index contributed by atoms with van der Waals surface area (Å²) in [6, 6.07) is 12.3. The maximum atomic E-state index is 13.9. The molecule has 1 amide bonds. The van der Waals surface area contributed by atoms with Gasteiger partial charge >= 0.3 is 5.97 Å². The Balaban J connectivity index is 1.82. The minimum Gasteiger partial charge on any atom is -0.490 e. The van der Waals surface area contributed by atoms with Crippen molar-refractivity contribution >= 4 is 29.3 Å². The average molecular weight is 594 g/mol. The number of amides is 1. The van der Waals surface area contributed by atoms with E-state index in [1.807, 2.05) is 31.2 Å². The maximum absolute atomic E-state index is 13.9. The molecule has 11 heteroatoms. The highest BCUT2D eigenvalue weighted by atomic mass is 32.1. The number of hydrogen-bond acceptors (Lipinski definition) is 9. The van der Waals surface area contributed by atoms with E-state index < -0.39 is 17.9 Å². The molecular formula is C31H35N3O7S. The Morgan fingerprint density at radius 1 is 1.10 bits per heavy atom. The number of carbonyl (C=O) groups is 2. The van der Waals surface area contributed by atoms with Gasteiger partial charge in [-0.05, 0) is 54.7 Å². The summed E-state index contributed by atoms with van der Waals surface area (Å²) in [5.74, 6) is -0.0423. The monoisotopic (exact) mass is 593 g/mol. The summed E-state index contributed by atoms with van der Waals surface area (Å²) in [7, 11) is 1.53. The molecule has 0 radical (unpaired) electrons. The van der Waals surface area contributed by atoms with Gasteiger partial charge in [-0.1, -0.05) is 55.5 Å². The highest BCUT2D eigenvalue weighted by Gasteiger charge is 2.33. The van der Waals surface area contributed by atoms with E-state index in [4.69, 9.17) is 24.7 Å². The van der Waals surface area contributed by atoms with Crippen LogP contribution in [0.5, 0.6) is 11.5 Å². The van der Waals surface area contributed by atoms with E-state index >= 15 is 0 Å². The molecule has 0 saturated carbocycles. The molecule has 1 aliphatic heterocycles. The summed E-state index contributed by atoms with van der Waals surface area (Å²) in [5.41, 5.74) is 8.30. The molecule has 2 heterocycles. The van der Waals surface area contributed by atoms with Crippen LogP contribution in [0.1, 0.15) is 56.3 Å². The van der Waals surface area contributed by atoms with Crippen LogP contribution in [-0.4, -0.2) is 50.0 Å². The third-order valence-corrected chi connectivity index (χ3v) is 7.60. The number of aromatic nitrogens is 1. The number of primary amides is 1. The SMILES string of the molecule is CCOc1cc(C=c2sc3n(c2=O)C(c2ccc(C(C)C)cc2)C(C(=O)OCCOC)=C(C)N=3)ccc1OCC(N)=O. The van der Waals surface area contributed by atoms with Gasteiger partial charge in [-0.25, -0.2) is 9.79 Å². The van der Waals surface area contributed by atoms with Crippen LogP contribution in [0.2, 0.25) is 0 Å². The van der Waals surface area contributed by atoms with Crippen LogP contribution < -0.4 is 30.1 Å². The standard InChI is InChI=1S/C31H35N3O7S/c1-6-39-24-15-20(7-12-23(24)41-17-26(32)35)16-25-29(36)34-28(22-10-8-21(9-11-22)18(2)3)27(19(4)33-31(34)42-25)30(37)40-14-13-38-5/h7-12,15-16,18,28H,6,13-14,17H2,1-5H3,(H2,32,35). The van der Waals surface area contributed by atoms with E-state index in [2.05, 4.69) is 18.8 Å². The zero-order valence-corrected chi connectivity index (χ0v) is 25.2. The zero-order chi connectivity index (χ0) is 30.4. The first-order valence-corrected chi connectivity index (χ1v) is 14.4. The molecule has 1 aromatic heterocycles. The number of hydrogen-bond donors (Lipinski definition) is 1. The fourth-order valence-corrected chi connectivity index (χ4v) is 5.61. The van der Waals surface area contributed by atoms with Gasteiger partial charge < -0.3 is 24.7 Å². The molecule has 42 heavy (non-hydrogen) atoms. The average Bonchev–Trinajstić information content (AvgIpc) is 3.25. The lowest BCUT2D eigenvalue weighted by atomic mass is 9.93. The van der Waals surface area contributed by atoms with Gasteiger partial charge in [-0.15, -0.1) is 0 Å². The van der Waals surface area contributed by atoms with Gasteiger partial charge in [0.2, 0.25) is 0 Å². The molecule has 3 aromatic rings. The van der Waals surface area contributed by atoms with E-state index in [9.17, 15) is 14.4 Å². The first-order chi connectivity index (χ1) is 20.1. The van der Waals surface area contributed by atoms with Crippen molar-refractivity contribution in [3.63, 3.8) is 0 Å². The fraction of sp³-hybridized carbons (Fsp3) is 0.355. The van der Waals surface area contributed by atoms with Crippen molar-refractivity contribution in [3.05, 3.63) is 90.1 Å². The van der Waals surface area contributed by atoms with Crippen LogP contribution in [0.3, 0.4) is 0 Å². The summed E-state index contributed by atoms with van der Waals surface area (Å²) < 4.78 is 23.7. The molecule has 0 saturated heterocycles. The van der Waals surface area contributed by atoms with Crippen molar-refractivity contribution in [3.8, 4) is 11.5 Å². The smallest absolute Gasteiger partial charge is 0.338 e. The molecule has 1 atom stereocenters. The number of fused-ring (bicyclic) bond motifs is 1. The van der Waals surface area contributed by atoms with E-state index in [0.717, 1.165) is 11.1 Å². The minimum absolute atomic E-state index is 0.0802. The number of allylic oxidation sites excluding steroid dienone is 1. The molecule has 222 valence electrons. The molecular weight excluding hydrogens is 558 g/mol. The van der Waals surface area contributed by atoms with E-state index in [1.165, 1.54) is 18.4 Å². The highest BCUT2D eigenvalue weighted by molar-refractivity contribution is 7.07. The summed E-state index contributed by atoms with van der Waals surface area (Å²) in [6.45, 7) is 8.21. The molecule has 2 N–H and O–H groups in total. The van der Waals surface area contributed by atoms with Crippen LogP contribution in [0.25, 0.3) is 6.08 Å². The Bertz CT molecular complexity index is 1670. The number of rotatable bonds is 12. The van der Waals surface area contributed by atoms with E-state index in [1.54, 1.807) is 35.8 Å². The lowest BCUT2D eigenvalue weighted by Gasteiger charge is -2.25. The molecule has 0 aliphatic carbocycles. The summed E-state index contributed by atoms with van der Waals surface area (Å²) in [5, 5.41) is 0. The van der Waals surface area contributed by atoms with Gasteiger partial charge in [-0.2, -0.15) is 0 Å². The first-order valence-electron chi connectivity index (χ1n) is 13.6. The number of methoxy groups -OCH3 is 1. The Morgan fingerprint density at radius 2 is 1.83 bits per heavy atom. The molecule has 1 unspecified atom stereocenters. The van der Waals surface area contributed by atoms with Crippen LogP contribution in [0.4, 0.5) is 0 Å². The number of carbonyl (C=O) groups excluding carboxylic acids is 2. The fourth-order valence-electron chi connectivity index (χ4n) is 4.56. The summed E-state index contributed by atoms with van der Waals surface area (Å²) in [4.78, 5) is 43.6. The number of thiazole rings is 1. The van der Waals surface area contributed by atoms with Crippen molar-refractivity contribution in [2.45, 2.75) is 39.7 Å². The van der Waals surface area contributed by atoms with Crippen LogP contribution in [-0.2, 0) is 19.1 Å². The van der Waals surface area contributed by atoms with Crippen molar-refractivity contribution in [2.24, 2.45) is 10.7 Å². The predicted molar refractivity (Wildman–Crippen MR) is 159 cm³/mol. The molecule has 0 fully saturated rings. The second kappa shape index (κ2) is 13.6. The highest BCUT2D eigenvalue weighted by Crippen LogP contribution is 2.32. The molecule has 4 rings (SSSR count). The second-order valence-electron chi connectivity index (χ2n) is 9.93. The molecule has 2 aromatic carbocycles. The van der Waals surface area contributed by atoms with Crippen molar-refractivity contribution in [1.29, 1.82) is 0 Å². The number of nitrogens with two attached hydrogens (primary N) is 1. The Labute approximate surface area is 247 Å². The van der Waals surface area contributed by atoms with Gasteiger partial charge in [0.1, 0.15) is 6.61 Å². The normalized spacial score (nSPS) is 14.9. The number of ether oxygens (including phenoxy) is 4. The van der Waals surface area contributed by atoms with Gasteiger partial charge in [0.25, 0.3) is 11.5 Å². The zero-order valence-electron chi connectivity index (χ0n) is 24.3. The molecule has 10 nitrogen and oxygen atoms in total. The molecule has 0 bridgehead atoms. The number of nitrogens with zero attached hydrogens (tertiary/aromatic N) is 2. The number of esters is 1. The predicted octanol–water partition coefficient (Wildman–Crippen LogP) is 2.81. The lowest BCUT2D eigenvalue weighted by Crippen LogP contribution is -2.40. The quantitative estimate of drug-likeness (QED) is 0.252. The third kappa shape index (κ3) is 6.80. The van der Waals surface area contributed by atoms with Crippen molar-refractivity contribution in [1.82, 2.24) is 4.57 Å². The van der Waals surface area contributed by atoms with E-state index in [0.29, 0.717) is 50.2 Å². The van der Waals surface area contributed by atoms with Gasteiger partial charge in [0.15, 0.2) is 22.9 Å². The van der Waals surface area contributed by atoms with Crippen LogP contribution in [0, 0.1) is 0 Å². The summed E-state index contributed by atoms with van der Waals surface area (Å²) >= 11 is 1.23. The van der Waals surface area contributed by atoms with Gasteiger partial charge in [-0.3, -0.25) is 14.2 Å². The Morgan fingerprint density at radius 3 is 2.48 bits per heavy atom. The lowest BCUT2D eigenvalue weighted by molar-refractivity contribution is -0.140. The largest absolute Gasteiger partial charge is 0.490 e. The Kier molecular flexibility index (Phi) is 9.97. The summed E-state index contributed by atoms with van der Waals surface area (Å²) in [6.07, 6.45) is 1.74.